The van der Waals surface area contributed by atoms with E-state index in [0.717, 1.165) is 17.8 Å². The molecule has 0 amide bonds. The van der Waals surface area contributed by atoms with Crippen molar-refractivity contribution >= 4 is 5.57 Å². The van der Waals surface area contributed by atoms with Crippen LogP contribution in [0, 0.1) is 69.0 Å². The van der Waals surface area contributed by atoms with Gasteiger partial charge in [0.15, 0.2) is 0 Å². The molecule has 0 aromatic heterocycles. The lowest BCUT2D eigenvalue weighted by atomic mass is 9.58. The summed E-state index contributed by atoms with van der Waals surface area (Å²) in [7, 11) is 0. The Kier molecular flexibility index (Phi) is 7.33. The molecule has 218 valence electrons. The second-order valence-electron chi connectivity index (χ2n) is 17.8. The summed E-state index contributed by atoms with van der Waals surface area (Å²) in [6.07, 6.45) is 16.0. The van der Waals surface area contributed by atoms with Crippen molar-refractivity contribution in [2.75, 3.05) is 0 Å². The fraction of sp³-hybridized carbons (Fsp3) is 0.650. The Morgan fingerprint density at radius 2 is 1.27 bits per heavy atom. The molecule has 4 aliphatic carbocycles. The van der Waals surface area contributed by atoms with E-state index in [-0.39, 0.29) is 16.2 Å². The fourth-order valence-corrected chi connectivity index (χ4v) is 9.40. The Balaban J connectivity index is 1.67. The standard InChI is InChI=1S/C40H58/c1-25-20-28(38(5,6)7)24-34(25)40(11,12)36-32-21-27(37(2,3)4)18-19-30(32)35-31(26-16-14-13-15-17-26)22-29(23-33(35)36)39(8,9)10/h13-19,21-23,25,28,30,32-36H,20,24H2,1-12H3. The third-order valence-electron chi connectivity index (χ3n) is 11.8. The lowest BCUT2D eigenvalue weighted by Crippen LogP contribution is -2.40. The number of rotatable bonds is 3. The van der Waals surface area contributed by atoms with E-state index in [9.17, 15) is 0 Å². The zero-order valence-electron chi connectivity index (χ0n) is 27.8. The lowest BCUT2D eigenvalue weighted by molar-refractivity contribution is 0.0493. The predicted molar refractivity (Wildman–Crippen MR) is 175 cm³/mol. The molecule has 0 aliphatic heterocycles. The van der Waals surface area contributed by atoms with Gasteiger partial charge < -0.3 is 0 Å². The number of hydrogen-bond acceptors (Lipinski definition) is 0. The van der Waals surface area contributed by atoms with E-state index in [1.807, 2.05) is 0 Å². The molecule has 2 fully saturated rings. The van der Waals surface area contributed by atoms with E-state index in [2.05, 4.69) is 144 Å². The summed E-state index contributed by atoms with van der Waals surface area (Å²) < 4.78 is 0. The van der Waals surface area contributed by atoms with Gasteiger partial charge in [-0.05, 0) is 104 Å². The van der Waals surface area contributed by atoms with E-state index in [1.165, 1.54) is 29.6 Å². The molecule has 5 rings (SSSR count). The van der Waals surface area contributed by atoms with E-state index in [4.69, 9.17) is 0 Å². The van der Waals surface area contributed by atoms with Crippen LogP contribution in [-0.2, 0) is 0 Å². The van der Waals surface area contributed by atoms with Crippen LogP contribution >= 0.6 is 0 Å². The van der Waals surface area contributed by atoms with Gasteiger partial charge in [0.25, 0.3) is 0 Å². The molecule has 0 spiro atoms. The van der Waals surface area contributed by atoms with Gasteiger partial charge in [0.2, 0.25) is 0 Å². The minimum Gasteiger partial charge on any atom is -0.0799 e. The molecule has 0 nitrogen and oxygen atoms in total. The summed E-state index contributed by atoms with van der Waals surface area (Å²) in [5.74, 6) is 5.20. The summed E-state index contributed by atoms with van der Waals surface area (Å²) in [6.45, 7) is 29.8. The molecule has 4 aliphatic rings. The second kappa shape index (κ2) is 9.88. The molecule has 8 unspecified atom stereocenters. The van der Waals surface area contributed by atoms with Crippen molar-refractivity contribution in [3.8, 4) is 0 Å². The van der Waals surface area contributed by atoms with Crippen molar-refractivity contribution in [2.24, 2.45) is 69.0 Å². The fourth-order valence-electron chi connectivity index (χ4n) is 9.40. The molecular formula is C40H58. The maximum atomic E-state index is 2.77. The SMILES string of the molecule is CC1CC(C(C)(C)C)CC1C(C)(C)C1C2C=C(C(C)(C)C)C=CC2C2C(c3ccccc3)=CC(C(C)(C)C)=CC21. The summed E-state index contributed by atoms with van der Waals surface area (Å²) in [5.41, 5.74) is 7.01. The zero-order valence-corrected chi connectivity index (χ0v) is 27.8. The van der Waals surface area contributed by atoms with Crippen LogP contribution < -0.4 is 0 Å². The van der Waals surface area contributed by atoms with Crippen LogP contribution in [0.5, 0.6) is 0 Å². The van der Waals surface area contributed by atoms with E-state index in [1.54, 1.807) is 5.57 Å². The predicted octanol–water partition coefficient (Wildman–Crippen LogP) is 11.4. The summed E-state index contributed by atoms with van der Waals surface area (Å²) in [4.78, 5) is 0. The largest absolute Gasteiger partial charge is 0.0799 e. The van der Waals surface area contributed by atoms with Gasteiger partial charge >= 0.3 is 0 Å². The first-order valence-corrected chi connectivity index (χ1v) is 16.3. The van der Waals surface area contributed by atoms with Crippen molar-refractivity contribution in [3.63, 3.8) is 0 Å². The number of allylic oxidation sites excluding steroid dienone is 8. The number of hydrogen-bond donors (Lipinski definition) is 0. The smallest absolute Gasteiger partial charge is 0.00209 e. The first-order valence-electron chi connectivity index (χ1n) is 16.3. The molecule has 1 aromatic carbocycles. The minimum absolute atomic E-state index is 0.133. The van der Waals surface area contributed by atoms with Crippen LogP contribution in [0.3, 0.4) is 0 Å². The summed E-state index contributed by atoms with van der Waals surface area (Å²) in [5, 5.41) is 0. The van der Waals surface area contributed by atoms with Crippen molar-refractivity contribution in [3.05, 3.63) is 77.4 Å². The third kappa shape index (κ3) is 5.16. The lowest BCUT2D eigenvalue weighted by Gasteiger charge is -2.46. The average Bonchev–Trinajstić information content (AvgIpc) is 3.41. The Bertz CT molecular complexity index is 1210. The van der Waals surface area contributed by atoms with Crippen LogP contribution in [-0.4, -0.2) is 0 Å². The van der Waals surface area contributed by atoms with Gasteiger partial charge in [-0.1, -0.05) is 144 Å². The maximum Gasteiger partial charge on any atom is -0.00209 e. The topological polar surface area (TPSA) is 0 Å². The Labute approximate surface area is 247 Å². The highest BCUT2D eigenvalue weighted by Crippen LogP contribution is 2.66. The van der Waals surface area contributed by atoms with Crippen LogP contribution in [0.15, 0.2) is 71.9 Å². The van der Waals surface area contributed by atoms with Crippen molar-refractivity contribution < 1.29 is 0 Å². The Morgan fingerprint density at radius 3 is 1.82 bits per heavy atom. The molecular weight excluding hydrogens is 480 g/mol. The van der Waals surface area contributed by atoms with Gasteiger partial charge in [-0.3, -0.25) is 0 Å². The second-order valence-corrected chi connectivity index (χ2v) is 17.8. The molecule has 0 saturated heterocycles. The van der Waals surface area contributed by atoms with Gasteiger partial charge in [0.1, 0.15) is 0 Å². The summed E-state index contributed by atoms with van der Waals surface area (Å²) in [6, 6.07) is 11.3. The van der Waals surface area contributed by atoms with Gasteiger partial charge in [-0.15, -0.1) is 0 Å². The quantitative estimate of drug-likeness (QED) is 0.359. The monoisotopic (exact) mass is 538 g/mol. The first kappa shape index (κ1) is 29.7. The van der Waals surface area contributed by atoms with Crippen LogP contribution in [0.2, 0.25) is 0 Å². The molecule has 2 saturated carbocycles. The maximum absolute atomic E-state index is 2.77. The van der Waals surface area contributed by atoms with Gasteiger partial charge in [-0.25, -0.2) is 0 Å². The van der Waals surface area contributed by atoms with Gasteiger partial charge in [-0.2, -0.15) is 0 Å². The van der Waals surface area contributed by atoms with Crippen LogP contribution in [0.4, 0.5) is 0 Å². The first-order chi connectivity index (χ1) is 18.4. The zero-order chi connectivity index (χ0) is 29.4. The number of fused-ring (bicyclic) bond motifs is 3. The van der Waals surface area contributed by atoms with Crippen molar-refractivity contribution in [1.82, 2.24) is 0 Å². The van der Waals surface area contributed by atoms with Gasteiger partial charge in [0.05, 0.1) is 0 Å². The van der Waals surface area contributed by atoms with E-state index in [0.29, 0.717) is 35.0 Å². The minimum atomic E-state index is 0.133. The molecule has 0 heteroatoms. The molecule has 0 heterocycles. The highest BCUT2D eigenvalue weighted by Gasteiger charge is 2.59. The van der Waals surface area contributed by atoms with E-state index >= 15 is 0 Å². The average molecular weight is 539 g/mol. The Hall–Kier alpha value is -1.82. The third-order valence-corrected chi connectivity index (χ3v) is 11.8. The molecule has 0 bridgehead atoms. The van der Waals surface area contributed by atoms with Crippen molar-refractivity contribution in [2.45, 2.75) is 95.9 Å². The molecule has 40 heavy (non-hydrogen) atoms. The highest BCUT2D eigenvalue weighted by molar-refractivity contribution is 5.74. The van der Waals surface area contributed by atoms with Gasteiger partial charge in [0, 0.05) is 0 Å². The molecule has 0 radical (unpaired) electrons. The number of benzene rings is 1. The highest BCUT2D eigenvalue weighted by atomic mass is 14.6. The molecule has 0 N–H and O–H groups in total. The Morgan fingerprint density at radius 1 is 0.675 bits per heavy atom. The molecule has 1 aromatic rings. The van der Waals surface area contributed by atoms with Crippen LogP contribution in [0.25, 0.3) is 5.57 Å². The molecule has 8 atom stereocenters. The van der Waals surface area contributed by atoms with Crippen LogP contribution in [0.1, 0.15) is 101 Å². The van der Waals surface area contributed by atoms with Crippen molar-refractivity contribution in [1.29, 1.82) is 0 Å². The summed E-state index contributed by atoms with van der Waals surface area (Å²) >= 11 is 0. The van der Waals surface area contributed by atoms with E-state index < -0.39 is 0 Å². The normalized spacial score (nSPS) is 34.6.